The molecule has 1 aromatic carbocycles. The van der Waals surface area contributed by atoms with E-state index in [1.807, 2.05) is 47.5 Å². The van der Waals surface area contributed by atoms with Crippen LogP contribution >= 0.6 is 11.3 Å². The second-order valence-electron chi connectivity index (χ2n) is 6.79. The number of hydrogen-bond acceptors (Lipinski definition) is 4. The third-order valence-corrected chi connectivity index (χ3v) is 5.74. The van der Waals surface area contributed by atoms with Crippen molar-refractivity contribution < 1.29 is 9.59 Å². The Morgan fingerprint density at radius 2 is 1.85 bits per heavy atom. The van der Waals surface area contributed by atoms with Gasteiger partial charge in [0.05, 0.1) is 4.88 Å². The lowest BCUT2D eigenvalue weighted by Gasteiger charge is -2.34. The fourth-order valence-corrected chi connectivity index (χ4v) is 3.66. The number of aryl methyl sites for hydroxylation is 2. The van der Waals surface area contributed by atoms with E-state index in [2.05, 4.69) is 22.5 Å². The molecule has 0 atom stereocenters. The molecule has 0 radical (unpaired) electrons. The summed E-state index contributed by atoms with van der Waals surface area (Å²) in [7, 11) is 0. The summed E-state index contributed by atoms with van der Waals surface area (Å²) in [4.78, 5) is 29.2. The monoisotopic (exact) mass is 386 g/mol. The van der Waals surface area contributed by atoms with E-state index >= 15 is 0 Å². The van der Waals surface area contributed by atoms with Crippen molar-refractivity contribution in [3.63, 3.8) is 0 Å². The summed E-state index contributed by atoms with van der Waals surface area (Å²) >= 11 is 1.45. The summed E-state index contributed by atoms with van der Waals surface area (Å²) < 4.78 is 0. The average Bonchev–Trinajstić information content (AvgIpc) is 3.20. The number of thiophene rings is 1. The number of carbonyl (C=O) groups is 2. The Balaban J connectivity index is 1.38. The third kappa shape index (κ3) is 5.30. The van der Waals surface area contributed by atoms with Crippen molar-refractivity contribution in [1.29, 1.82) is 0 Å². The Morgan fingerprint density at radius 3 is 2.52 bits per heavy atom. The Kier molecular flexibility index (Phi) is 6.47. The largest absolute Gasteiger partial charge is 0.350 e. The predicted molar refractivity (Wildman–Crippen MR) is 110 cm³/mol. The fraction of sp³-hybridized carbons (Fsp3) is 0.400. The molecule has 2 aromatic rings. The third-order valence-electron chi connectivity index (χ3n) is 4.88. The number of benzene rings is 1. The molecule has 1 aromatic heterocycles. The lowest BCUT2D eigenvalue weighted by atomic mass is 10.1. The number of carbonyl (C=O) groups excluding carboxylic acids is 2. The molecule has 2 heterocycles. The first-order chi connectivity index (χ1) is 13.0. The minimum atomic E-state index is -0.0519. The number of amides is 3. The van der Waals surface area contributed by atoms with Crippen molar-refractivity contribution in [2.24, 2.45) is 0 Å². The molecule has 0 unspecified atom stereocenters. The summed E-state index contributed by atoms with van der Waals surface area (Å²) in [6.45, 7) is 8.52. The van der Waals surface area contributed by atoms with Gasteiger partial charge in [0, 0.05) is 45.0 Å². The molecule has 0 spiro atoms. The lowest BCUT2D eigenvalue weighted by molar-refractivity contribution is 0.0946. The molecule has 0 bridgehead atoms. The Hall–Kier alpha value is -2.38. The Morgan fingerprint density at radius 1 is 1.07 bits per heavy atom. The molecule has 1 aliphatic rings. The van der Waals surface area contributed by atoms with Gasteiger partial charge in [-0.25, -0.2) is 4.79 Å². The molecule has 7 heteroatoms. The van der Waals surface area contributed by atoms with E-state index < -0.39 is 0 Å². The molecule has 1 aliphatic heterocycles. The van der Waals surface area contributed by atoms with Crippen molar-refractivity contribution in [3.8, 4) is 0 Å². The summed E-state index contributed by atoms with van der Waals surface area (Å²) in [5.41, 5.74) is 3.22. The van der Waals surface area contributed by atoms with Crippen LogP contribution in [0.25, 0.3) is 0 Å². The van der Waals surface area contributed by atoms with Crippen molar-refractivity contribution in [3.05, 3.63) is 51.7 Å². The van der Waals surface area contributed by atoms with Gasteiger partial charge in [0.25, 0.3) is 5.91 Å². The van der Waals surface area contributed by atoms with E-state index in [0.29, 0.717) is 19.6 Å². The van der Waals surface area contributed by atoms with Crippen LogP contribution in [-0.4, -0.2) is 61.0 Å². The highest BCUT2D eigenvalue weighted by Crippen LogP contribution is 2.15. The van der Waals surface area contributed by atoms with Crippen LogP contribution in [0, 0.1) is 13.8 Å². The standard InChI is InChI=1S/C20H26N4O2S/c1-15-5-6-17(14-16(15)2)22-20(26)24-11-9-23(10-12-24)8-7-21-19(25)18-4-3-13-27-18/h3-6,13-14H,7-12H2,1-2H3,(H,21,25)(H,22,26). The number of piperazine rings is 1. The SMILES string of the molecule is Cc1ccc(NC(=O)N2CCN(CCNC(=O)c3cccs3)CC2)cc1C. The molecule has 3 rings (SSSR count). The zero-order valence-electron chi connectivity index (χ0n) is 15.8. The van der Waals surface area contributed by atoms with Gasteiger partial charge in [-0.15, -0.1) is 11.3 Å². The molecule has 27 heavy (non-hydrogen) atoms. The maximum atomic E-state index is 12.4. The van der Waals surface area contributed by atoms with Crippen LogP contribution in [0.3, 0.4) is 0 Å². The first-order valence-corrected chi connectivity index (χ1v) is 10.1. The number of anilines is 1. The van der Waals surface area contributed by atoms with E-state index in [1.54, 1.807) is 0 Å². The van der Waals surface area contributed by atoms with Crippen LogP contribution in [0.2, 0.25) is 0 Å². The second-order valence-corrected chi connectivity index (χ2v) is 7.74. The van der Waals surface area contributed by atoms with E-state index in [1.165, 1.54) is 22.5 Å². The first-order valence-electron chi connectivity index (χ1n) is 9.20. The van der Waals surface area contributed by atoms with E-state index in [9.17, 15) is 9.59 Å². The highest BCUT2D eigenvalue weighted by Gasteiger charge is 2.21. The maximum absolute atomic E-state index is 12.4. The Bertz CT molecular complexity index is 783. The molecular weight excluding hydrogens is 360 g/mol. The van der Waals surface area contributed by atoms with Crippen molar-refractivity contribution in [2.75, 3.05) is 44.6 Å². The second kappa shape index (κ2) is 9.01. The maximum Gasteiger partial charge on any atom is 0.321 e. The fourth-order valence-electron chi connectivity index (χ4n) is 3.02. The lowest BCUT2D eigenvalue weighted by Crippen LogP contribution is -2.51. The van der Waals surface area contributed by atoms with Crippen LogP contribution < -0.4 is 10.6 Å². The summed E-state index contributed by atoms with van der Waals surface area (Å²) in [5.74, 6) is -0.0172. The van der Waals surface area contributed by atoms with Gasteiger partial charge in [-0.3, -0.25) is 9.69 Å². The van der Waals surface area contributed by atoms with Crippen LogP contribution in [0.5, 0.6) is 0 Å². The normalized spacial score (nSPS) is 14.8. The van der Waals surface area contributed by atoms with E-state index in [4.69, 9.17) is 0 Å². The average molecular weight is 387 g/mol. The minimum absolute atomic E-state index is 0.0172. The molecule has 1 saturated heterocycles. The van der Waals surface area contributed by atoms with Gasteiger partial charge in [-0.2, -0.15) is 0 Å². The molecule has 0 saturated carbocycles. The predicted octanol–water partition coefficient (Wildman–Crippen LogP) is 2.94. The van der Waals surface area contributed by atoms with Gasteiger partial charge in [0.1, 0.15) is 0 Å². The van der Waals surface area contributed by atoms with Crippen molar-refractivity contribution in [1.82, 2.24) is 15.1 Å². The van der Waals surface area contributed by atoms with Crippen LogP contribution in [-0.2, 0) is 0 Å². The smallest absolute Gasteiger partial charge is 0.321 e. The molecule has 144 valence electrons. The number of hydrogen-bond donors (Lipinski definition) is 2. The van der Waals surface area contributed by atoms with Crippen molar-refractivity contribution >= 4 is 29.0 Å². The molecule has 6 nitrogen and oxygen atoms in total. The molecule has 3 amide bonds. The number of urea groups is 1. The van der Waals surface area contributed by atoms with Gasteiger partial charge in [-0.1, -0.05) is 12.1 Å². The van der Waals surface area contributed by atoms with Crippen molar-refractivity contribution in [2.45, 2.75) is 13.8 Å². The number of nitrogens with one attached hydrogen (secondary N) is 2. The highest BCUT2D eigenvalue weighted by atomic mass is 32.1. The number of nitrogens with zero attached hydrogens (tertiary/aromatic N) is 2. The first kappa shape index (κ1) is 19.4. The van der Waals surface area contributed by atoms with Gasteiger partial charge >= 0.3 is 6.03 Å². The van der Waals surface area contributed by atoms with Gasteiger partial charge in [0.2, 0.25) is 0 Å². The zero-order chi connectivity index (χ0) is 19.2. The molecule has 2 N–H and O–H groups in total. The molecule has 1 fully saturated rings. The summed E-state index contributed by atoms with van der Waals surface area (Å²) in [6, 6.07) is 9.61. The summed E-state index contributed by atoms with van der Waals surface area (Å²) in [6.07, 6.45) is 0. The minimum Gasteiger partial charge on any atom is -0.350 e. The van der Waals surface area contributed by atoms with Crippen LogP contribution in [0.15, 0.2) is 35.7 Å². The molecular formula is C20H26N4O2S. The van der Waals surface area contributed by atoms with Gasteiger partial charge in [-0.05, 0) is 48.6 Å². The number of rotatable bonds is 5. The van der Waals surface area contributed by atoms with Gasteiger partial charge in [0.15, 0.2) is 0 Å². The van der Waals surface area contributed by atoms with Gasteiger partial charge < -0.3 is 15.5 Å². The zero-order valence-corrected chi connectivity index (χ0v) is 16.6. The Labute approximate surface area is 164 Å². The quantitative estimate of drug-likeness (QED) is 0.830. The van der Waals surface area contributed by atoms with Crippen LogP contribution in [0.1, 0.15) is 20.8 Å². The van der Waals surface area contributed by atoms with E-state index in [0.717, 1.165) is 30.2 Å². The van der Waals surface area contributed by atoms with E-state index in [-0.39, 0.29) is 11.9 Å². The molecule has 0 aliphatic carbocycles. The topological polar surface area (TPSA) is 64.7 Å². The summed E-state index contributed by atoms with van der Waals surface area (Å²) in [5, 5.41) is 7.83. The van der Waals surface area contributed by atoms with Crippen LogP contribution in [0.4, 0.5) is 10.5 Å². The highest BCUT2D eigenvalue weighted by molar-refractivity contribution is 7.12.